The van der Waals surface area contributed by atoms with Gasteiger partial charge in [0.1, 0.15) is 0 Å². The van der Waals surface area contributed by atoms with Crippen LogP contribution in [0.2, 0.25) is 0 Å². The van der Waals surface area contributed by atoms with E-state index in [1.54, 1.807) is 0 Å². The van der Waals surface area contributed by atoms with Gasteiger partial charge < -0.3 is 19.9 Å². The monoisotopic (exact) mass is 371 g/mol. The highest BCUT2D eigenvalue weighted by molar-refractivity contribution is 5.89. The number of hydrogen-bond acceptors (Lipinski definition) is 3. The van der Waals surface area contributed by atoms with Crippen molar-refractivity contribution in [2.24, 2.45) is 0 Å². The molecule has 0 atom stereocenters. The van der Waals surface area contributed by atoms with Crippen molar-refractivity contribution in [1.82, 2.24) is 15.1 Å². The fourth-order valence-corrected chi connectivity index (χ4v) is 4.95. The largest absolute Gasteiger partial charge is 0.381 e. The van der Waals surface area contributed by atoms with Crippen LogP contribution in [0, 0.1) is 6.92 Å². The standard InChI is InChI=1S/C21H29N3O3/c1-16-4-2-3-5-18(16)21(8-14-27-15-9-21)19(25)23-11-6-17(7-12-23)24-13-10-22-20(24)26/h2-5,17H,6-15H2,1H3,(H,22,26). The number of piperidine rings is 1. The lowest BCUT2D eigenvalue weighted by atomic mass is 9.71. The number of hydrogen-bond donors (Lipinski definition) is 1. The van der Waals surface area contributed by atoms with Crippen LogP contribution in [-0.2, 0) is 14.9 Å². The number of nitrogens with one attached hydrogen (secondary N) is 1. The third-order valence-electron chi connectivity index (χ3n) is 6.50. The van der Waals surface area contributed by atoms with Crippen LogP contribution in [0.1, 0.15) is 36.8 Å². The zero-order valence-corrected chi connectivity index (χ0v) is 16.1. The first-order valence-electron chi connectivity index (χ1n) is 10.1. The van der Waals surface area contributed by atoms with Crippen LogP contribution < -0.4 is 5.32 Å². The molecule has 4 rings (SSSR count). The van der Waals surface area contributed by atoms with E-state index in [-0.39, 0.29) is 18.0 Å². The number of urea groups is 1. The minimum Gasteiger partial charge on any atom is -0.381 e. The van der Waals surface area contributed by atoms with E-state index in [9.17, 15) is 9.59 Å². The second-order valence-electron chi connectivity index (χ2n) is 7.96. The molecule has 0 bridgehead atoms. The zero-order chi connectivity index (χ0) is 18.9. The Labute approximate surface area is 160 Å². The molecule has 0 spiro atoms. The summed E-state index contributed by atoms with van der Waals surface area (Å²) in [4.78, 5) is 29.6. The Morgan fingerprint density at radius 1 is 1.15 bits per heavy atom. The summed E-state index contributed by atoms with van der Waals surface area (Å²) in [6.07, 6.45) is 3.20. The molecule has 6 nitrogen and oxygen atoms in total. The van der Waals surface area contributed by atoms with Gasteiger partial charge >= 0.3 is 6.03 Å². The highest BCUT2D eigenvalue weighted by atomic mass is 16.5. The van der Waals surface area contributed by atoms with Crippen molar-refractivity contribution in [3.63, 3.8) is 0 Å². The van der Waals surface area contributed by atoms with Crippen molar-refractivity contribution in [3.8, 4) is 0 Å². The van der Waals surface area contributed by atoms with Gasteiger partial charge in [0.05, 0.1) is 5.41 Å². The average molecular weight is 371 g/mol. The third-order valence-corrected chi connectivity index (χ3v) is 6.50. The number of carbonyl (C=O) groups is 2. The minimum absolute atomic E-state index is 0.0422. The quantitative estimate of drug-likeness (QED) is 0.885. The fourth-order valence-electron chi connectivity index (χ4n) is 4.95. The van der Waals surface area contributed by atoms with E-state index in [0.29, 0.717) is 13.2 Å². The van der Waals surface area contributed by atoms with Crippen LogP contribution in [0.3, 0.4) is 0 Å². The number of nitrogens with zero attached hydrogens (tertiary/aromatic N) is 2. The van der Waals surface area contributed by atoms with E-state index in [1.807, 2.05) is 21.9 Å². The summed E-state index contributed by atoms with van der Waals surface area (Å²) < 4.78 is 5.60. The van der Waals surface area contributed by atoms with Crippen molar-refractivity contribution in [2.45, 2.75) is 44.1 Å². The molecule has 3 saturated heterocycles. The Balaban J connectivity index is 1.51. The van der Waals surface area contributed by atoms with Gasteiger partial charge in [0.25, 0.3) is 0 Å². The molecule has 3 aliphatic rings. The second kappa shape index (κ2) is 7.50. The smallest absolute Gasteiger partial charge is 0.317 e. The molecule has 1 aromatic rings. The predicted molar refractivity (Wildman–Crippen MR) is 103 cm³/mol. The maximum atomic E-state index is 13.7. The van der Waals surface area contributed by atoms with Gasteiger partial charge in [-0.3, -0.25) is 4.79 Å². The Hall–Kier alpha value is -2.08. The SMILES string of the molecule is Cc1ccccc1C1(C(=O)N2CCC(N3CCNC3=O)CC2)CCOCC1. The predicted octanol–water partition coefficient (Wildman–Crippen LogP) is 2.06. The molecule has 0 aromatic heterocycles. The molecule has 0 unspecified atom stereocenters. The first kappa shape index (κ1) is 18.3. The van der Waals surface area contributed by atoms with Crippen molar-refractivity contribution in [3.05, 3.63) is 35.4 Å². The highest BCUT2D eigenvalue weighted by Gasteiger charge is 2.45. The Kier molecular flexibility index (Phi) is 5.08. The van der Waals surface area contributed by atoms with Crippen molar-refractivity contribution in [2.75, 3.05) is 39.4 Å². The highest BCUT2D eigenvalue weighted by Crippen LogP contribution is 2.39. The number of amides is 3. The lowest BCUT2D eigenvalue weighted by molar-refractivity contribution is -0.142. The molecule has 1 aromatic carbocycles. The number of carbonyl (C=O) groups excluding carboxylic acids is 2. The van der Waals surface area contributed by atoms with Crippen molar-refractivity contribution < 1.29 is 14.3 Å². The van der Waals surface area contributed by atoms with E-state index in [4.69, 9.17) is 4.74 Å². The van der Waals surface area contributed by atoms with Crippen LogP contribution in [0.5, 0.6) is 0 Å². The summed E-state index contributed by atoms with van der Waals surface area (Å²) in [7, 11) is 0. The fraction of sp³-hybridized carbons (Fsp3) is 0.619. The molecule has 3 amide bonds. The van der Waals surface area contributed by atoms with Crippen LogP contribution in [-0.4, -0.2) is 67.2 Å². The second-order valence-corrected chi connectivity index (χ2v) is 7.96. The van der Waals surface area contributed by atoms with Gasteiger partial charge in [-0.25, -0.2) is 4.79 Å². The molecule has 1 N–H and O–H groups in total. The van der Waals surface area contributed by atoms with Gasteiger partial charge in [-0.05, 0) is 43.7 Å². The molecule has 3 fully saturated rings. The summed E-state index contributed by atoms with van der Waals surface area (Å²) in [5.41, 5.74) is 1.86. The molecule has 6 heteroatoms. The average Bonchev–Trinajstić information content (AvgIpc) is 3.14. The van der Waals surface area contributed by atoms with Gasteiger partial charge in [0.15, 0.2) is 0 Å². The molecule has 146 valence electrons. The summed E-state index contributed by atoms with van der Waals surface area (Å²) in [5.74, 6) is 0.240. The third kappa shape index (κ3) is 3.31. The number of likely N-dealkylation sites (tertiary alicyclic amines) is 1. The summed E-state index contributed by atoms with van der Waals surface area (Å²) >= 11 is 0. The lowest BCUT2D eigenvalue weighted by Crippen LogP contribution is -2.54. The molecule has 0 saturated carbocycles. The van der Waals surface area contributed by atoms with E-state index >= 15 is 0 Å². The van der Waals surface area contributed by atoms with E-state index in [0.717, 1.165) is 57.4 Å². The summed E-state index contributed by atoms with van der Waals surface area (Å²) in [5, 5.41) is 2.88. The maximum absolute atomic E-state index is 13.7. The van der Waals surface area contributed by atoms with Crippen LogP contribution in [0.4, 0.5) is 4.79 Å². The number of rotatable bonds is 3. The molecule has 0 radical (unpaired) electrons. The van der Waals surface area contributed by atoms with Crippen molar-refractivity contribution in [1.29, 1.82) is 0 Å². The van der Waals surface area contributed by atoms with Gasteiger partial charge in [-0.15, -0.1) is 0 Å². The minimum atomic E-state index is -0.471. The van der Waals surface area contributed by atoms with Gasteiger partial charge in [0, 0.05) is 45.4 Å². The number of aryl methyl sites for hydroxylation is 1. The van der Waals surface area contributed by atoms with E-state index < -0.39 is 5.41 Å². The van der Waals surface area contributed by atoms with Gasteiger partial charge in [-0.1, -0.05) is 24.3 Å². The molecular weight excluding hydrogens is 342 g/mol. The summed E-state index contributed by atoms with van der Waals surface area (Å²) in [6, 6.07) is 8.56. The lowest BCUT2D eigenvalue weighted by Gasteiger charge is -2.43. The normalized spacial score (nSPS) is 23.4. The Morgan fingerprint density at radius 3 is 2.48 bits per heavy atom. The van der Waals surface area contributed by atoms with Gasteiger partial charge in [-0.2, -0.15) is 0 Å². The number of benzene rings is 1. The maximum Gasteiger partial charge on any atom is 0.317 e. The first-order chi connectivity index (χ1) is 13.1. The molecular formula is C21H29N3O3. The zero-order valence-electron chi connectivity index (χ0n) is 16.1. The van der Waals surface area contributed by atoms with Crippen LogP contribution in [0.25, 0.3) is 0 Å². The molecule has 3 aliphatic heterocycles. The van der Waals surface area contributed by atoms with Crippen LogP contribution in [0.15, 0.2) is 24.3 Å². The number of ether oxygens (including phenoxy) is 1. The first-order valence-corrected chi connectivity index (χ1v) is 10.1. The van der Waals surface area contributed by atoms with E-state index in [2.05, 4.69) is 24.4 Å². The van der Waals surface area contributed by atoms with E-state index in [1.165, 1.54) is 5.56 Å². The molecule has 0 aliphatic carbocycles. The summed E-state index contributed by atoms with van der Waals surface area (Å²) in [6.45, 7) is 6.31. The van der Waals surface area contributed by atoms with Gasteiger partial charge in [0.2, 0.25) is 5.91 Å². The Morgan fingerprint density at radius 2 is 1.85 bits per heavy atom. The Bertz CT molecular complexity index is 706. The topological polar surface area (TPSA) is 61.9 Å². The van der Waals surface area contributed by atoms with Crippen LogP contribution >= 0.6 is 0 Å². The molecule has 3 heterocycles. The van der Waals surface area contributed by atoms with Crippen molar-refractivity contribution >= 4 is 11.9 Å². The molecule has 27 heavy (non-hydrogen) atoms.